The second-order valence-corrected chi connectivity index (χ2v) is 4.61. The molecule has 0 amide bonds. The third kappa shape index (κ3) is 6.09. The molecule has 0 bridgehead atoms. The van der Waals surface area contributed by atoms with Gasteiger partial charge in [-0.3, -0.25) is 0 Å². The molecule has 0 radical (unpaired) electrons. The van der Waals surface area contributed by atoms with Crippen molar-refractivity contribution in [3.8, 4) is 0 Å². The number of nitrogens with one attached hydrogen (secondary N) is 1. The largest absolute Gasteiger partial charge is 0.317 e. The van der Waals surface area contributed by atoms with E-state index in [2.05, 4.69) is 40.1 Å². The fourth-order valence-corrected chi connectivity index (χ4v) is 1.91. The predicted molar refractivity (Wildman–Crippen MR) is 61.0 cm³/mol. The topological polar surface area (TPSA) is 12.0 Å². The highest BCUT2D eigenvalue weighted by Gasteiger charge is 2.11. The lowest BCUT2D eigenvalue weighted by Gasteiger charge is -2.21. The summed E-state index contributed by atoms with van der Waals surface area (Å²) in [6, 6.07) is 0.708. The van der Waals surface area contributed by atoms with Crippen molar-refractivity contribution in [2.45, 2.75) is 59.4 Å². The molecular weight excluding hydrogens is 158 g/mol. The van der Waals surface area contributed by atoms with E-state index in [0.717, 1.165) is 11.8 Å². The highest BCUT2D eigenvalue weighted by molar-refractivity contribution is 4.69. The molecule has 2 atom stereocenters. The van der Waals surface area contributed by atoms with Crippen LogP contribution in [0.25, 0.3) is 0 Å². The van der Waals surface area contributed by atoms with Gasteiger partial charge in [0.1, 0.15) is 0 Å². The normalized spacial score (nSPS) is 16.2. The summed E-state index contributed by atoms with van der Waals surface area (Å²) in [5.74, 6) is 1.67. The van der Waals surface area contributed by atoms with Gasteiger partial charge in [0.2, 0.25) is 0 Å². The van der Waals surface area contributed by atoms with Crippen molar-refractivity contribution in [3.05, 3.63) is 0 Å². The highest BCUT2D eigenvalue weighted by atomic mass is 14.9. The van der Waals surface area contributed by atoms with E-state index in [1.54, 1.807) is 0 Å². The number of hydrogen-bond donors (Lipinski definition) is 1. The summed E-state index contributed by atoms with van der Waals surface area (Å²) in [5.41, 5.74) is 0. The molecule has 1 heteroatoms. The Labute approximate surface area is 84.3 Å². The van der Waals surface area contributed by atoms with Gasteiger partial charge in [0.25, 0.3) is 0 Å². The first-order chi connectivity index (χ1) is 6.11. The van der Waals surface area contributed by atoms with Crippen LogP contribution in [-0.2, 0) is 0 Å². The van der Waals surface area contributed by atoms with Gasteiger partial charge in [0, 0.05) is 6.04 Å². The van der Waals surface area contributed by atoms with Crippen LogP contribution in [0.1, 0.15) is 53.4 Å². The number of hydrogen-bond acceptors (Lipinski definition) is 1. The van der Waals surface area contributed by atoms with E-state index in [0.29, 0.717) is 6.04 Å². The van der Waals surface area contributed by atoms with Crippen LogP contribution in [-0.4, -0.2) is 13.1 Å². The Morgan fingerprint density at radius 3 is 2.00 bits per heavy atom. The summed E-state index contributed by atoms with van der Waals surface area (Å²) in [7, 11) is 2.08. The second kappa shape index (κ2) is 7.37. The SMILES string of the molecule is CCCC(C)CCC(NC)C(C)C. The fourth-order valence-electron chi connectivity index (χ4n) is 1.91. The smallest absolute Gasteiger partial charge is 0.00871 e. The Hall–Kier alpha value is -0.0400. The summed E-state index contributed by atoms with van der Waals surface area (Å²) >= 11 is 0. The zero-order valence-corrected chi connectivity index (χ0v) is 10.1. The first-order valence-corrected chi connectivity index (χ1v) is 5.79. The van der Waals surface area contributed by atoms with Crippen molar-refractivity contribution < 1.29 is 0 Å². The van der Waals surface area contributed by atoms with Crippen LogP contribution < -0.4 is 5.32 Å². The van der Waals surface area contributed by atoms with Crippen molar-refractivity contribution in [2.24, 2.45) is 11.8 Å². The summed E-state index contributed by atoms with van der Waals surface area (Å²) in [4.78, 5) is 0. The minimum Gasteiger partial charge on any atom is -0.317 e. The average Bonchev–Trinajstić information content (AvgIpc) is 2.05. The summed E-state index contributed by atoms with van der Waals surface area (Å²) in [6.45, 7) is 9.24. The molecule has 13 heavy (non-hydrogen) atoms. The Bertz CT molecular complexity index is 110. The maximum absolute atomic E-state index is 3.40. The van der Waals surface area contributed by atoms with Crippen LogP contribution >= 0.6 is 0 Å². The summed E-state index contributed by atoms with van der Waals surface area (Å²) < 4.78 is 0. The van der Waals surface area contributed by atoms with Gasteiger partial charge in [0.05, 0.1) is 0 Å². The first kappa shape index (κ1) is 13.0. The molecular formula is C12H27N. The van der Waals surface area contributed by atoms with E-state index in [4.69, 9.17) is 0 Å². The van der Waals surface area contributed by atoms with E-state index in [-0.39, 0.29) is 0 Å². The molecule has 0 aliphatic carbocycles. The molecule has 0 heterocycles. The lowest BCUT2D eigenvalue weighted by Crippen LogP contribution is -2.30. The number of rotatable bonds is 7. The van der Waals surface area contributed by atoms with Gasteiger partial charge >= 0.3 is 0 Å². The van der Waals surface area contributed by atoms with Crippen LogP contribution in [0.2, 0.25) is 0 Å². The van der Waals surface area contributed by atoms with E-state index < -0.39 is 0 Å². The standard InChI is InChI=1S/C12H27N/c1-6-7-11(4)8-9-12(13-5)10(2)3/h10-13H,6-9H2,1-5H3. The predicted octanol–water partition coefficient (Wildman–Crippen LogP) is 3.45. The average molecular weight is 185 g/mol. The van der Waals surface area contributed by atoms with Crippen LogP contribution in [0.3, 0.4) is 0 Å². The molecule has 0 spiro atoms. The summed E-state index contributed by atoms with van der Waals surface area (Å²) in [5, 5.41) is 3.40. The van der Waals surface area contributed by atoms with Gasteiger partial charge in [0.15, 0.2) is 0 Å². The zero-order chi connectivity index (χ0) is 10.3. The molecule has 0 saturated heterocycles. The monoisotopic (exact) mass is 185 g/mol. The molecule has 0 fully saturated rings. The highest BCUT2D eigenvalue weighted by Crippen LogP contribution is 2.16. The molecule has 1 N–H and O–H groups in total. The van der Waals surface area contributed by atoms with Crippen LogP contribution in [0, 0.1) is 11.8 Å². The van der Waals surface area contributed by atoms with Gasteiger partial charge in [-0.15, -0.1) is 0 Å². The Morgan fingerprint density at radius 1 is 1.00 bits per heavy atom. The van der Waals surface area contributed by atoms with Crippen LogP contribution in [0.4, 0.5) is 0 Å². The molecule has 2 unspecified atom stereocenters. The van der Waals surface area contributed by atoms with Crippen molar-refractivity contribution >= 4 is 0 Å². The molecule has 1 nitrogen and oxygen atoms in total. The quantitative estimate of drug-likeness (QED) is 0.640. The van der Waals surface area contributed by atoms with Gasteiger partial charge in [-0.25, -0.2) is 0 Å². The molecule has 80 valence electrons. The lowest BCUT2D eigenvalue weighted by atomic mass is 9.93. The van der Waals surface area contributed by atoms with E-state index in [1.807, 2.05) is 0 Å². The van der Waals surface area contributed by atoms with Crippen molar-refractivity contribution in [2.75, 3.05) is 7.05 Å². The van der Waals surface area contributed by atoms with E-state index in [1.165, 1.54) is 25.7 Å². The molecule has 0 rings (SSSR count). The van der Waals surface area contributed by atoms with Crippen LogP contribution in [0.5, 0.6) is 0 Å². The fraction of sp³-hybridized carbons (Fsp3) is 1.00. The summed E-state index contributed by atoms with van der Waals surface area (Å²) in [6.07, 6.45) is 5.41. The minimum atomic E-state index is 0.708. The first-order valence-electron chi connectivity index (χ1n) is 5.79. The van der Waals surface area contributed by atoms with Gasteiger partial charge in [-0.2, -0.15) is 0 Å². The van der Waals surface area contributed by atoms with Gasteiger partial charge in [-0.05, 0) is 31.7 Å². The zero-order valence-electron chi connectivity index (χ0n) is 10.1. The van der Waals surface area contributed by atoms with E-state index in [9.17, 15) is 0 Å². The maximum atomic E-state index is 3.40. The Morgan fingerprint density at radius 2 is 1.62 bits per heavy atom. The molecule has 0 aliphatic heterocycles. The van der Waals surface area contributed by atoms with Crippen LogP contribution in [0.15, 0.2) is 0 Å². The molecule has 0 aromatic rings. The molecule has 0 saturated carbocycles. The van der Waals surface area contributed by atoms with E-state index >= 15 is 0 Å². The Balaban J connectivity index is 3.59. The maximum Gasteiger partial charge on any atom is 0.00871 e. The van der Waals surface area contributed by atoms with Crippen molar-refractivity contribution in [1.29, 1.82) is 0 Å². The minimum absolute atomic E-state index is 0.708. The molecule has 0 aliphatic rings. The van der Waals surface area contributed by atoms with Crippen molar-refractivity contribution in [3.63, 3.8) is 0 Å². The van der Waals surface area contributed by atoms with Crippen molar-refractivity contribution in [1.82, 2.24) is 5.32 Å². The lowest BCUT2D eigenvalue weighted by molar-refractivity contribution is 0.354. The van der Waals surface area contributed by atoms with Gasteiger partial charge in [-0.1, -0.05) is 40.5 Å². The molecule has 0 aromatic carbocycles. The van der Waals surface area contributed by atoms with Gasteiger partial charge < -0.3 is 5.32 Å². The third-order valence-electron chi connectivity index (χ3n) is 2.93. The second-order valence-electron chi connectivity index (χ2n) is 4.61. The molecule has 0 aromatic heterocycles. The Kier molecular flexibility index (Phi) is 7.35. The third-order valence-corrected chi connectivity index (χ3v) is 2.93.